The van der Waals surface area contributed by atoms with E-state index in [-0.39, 0.29) is 5.91 Å². The maximum atomic E-state index is 12.8. The highest BCUT2D eigenvalue weighted by Gasteiger charge is 2.11. The summed E-state index contributed by atoms with van der Waals surface area (Å²) in [5.74, 6) is 1.05. The zero-order chi connectivity index (χ0) is 22.5. The first kappa shape index (κ1) is 22.1. The summed E-state index contributed by atoms with van der Waals surface area (Å²) in [5, 5.41) is 8.10. The number of nitrogens with one attached hydrogen (secondary N) is 1. The summed E-state index contributed by atoms with van der Waals surface area (Å²) in [6, 6.07) is 24.5. The van der Waals surface area contributed by atoms with E-state index in [0.717, 1.165) is 27.0 Å². The molecule has 0 unspecified atom stereocenters. The minimum atomic E-state index is -0.217. The lowest BCUT2D eigenvalue weighted by atomic mass is 10.1. The lowest BCUT2D eigenvalue weighted by Crippen LogP contribution is -2.13. The van der Waals surface area contributed by atoms with Crippen LogP contribution in [0.2, 0.25) is 5.02 Å². The summed E-state index contributed by atoms with van der Waals surface area (Å²) in [6.07, 6.45) is 0. The SMILES string of the molecule is Cc1cc(NC(=O)c2cccc(COc3cccc(Br)c3)c2)nn1Cc1ccc(Cl)cc1. The number of halogens is 2. The van der Waals surface area contributed by atoms with Crippen LogP contribution >= 0.6 is 27.5 Å². The van der Waals surface area contributed by atoms with Crippen LogP contribution in [0.25, 0.3) is 0 Å². The number of hydrogen-bond donors (Lipinski definition) is 1. The molecule has 0 bridgehead atoms. The molecule has 7 heteroatoms. The number of carbonyl (C=O) groups excluding carboxylic acids is 1. The van der Waals surface area contributed by atoms with Crippen LogP contribution in [0.4, 0.5) is 5.82 Å². The van der Waals surface area contributed by atoms with E-state index in [2.05, 4.69) is 26.3 Å². The van der Waals surface area contributed by atoms with Gasteiger partial charge in [-0.3, -0.25) is 9.48 Å². The third-order valence-corrected chi connectivity index (χ3v) is 5.60. The Balaban J connectivity index is 1.40. The van der Waals surface area contributed by atoms with Crippen molar-refractivity contribution < 1.29 is 9.53 Å². The van der Waals surface area contributed by atoms with Crippen molar-refractivity contribution in [1.29, 1.82) is 0 Å². The molecule has 0 aliphatic rings. The normalized spacial score (nSPS) is 10.7. The molecule has 0 saturated carbocycles. The van der Waals surface area contributed by atoms with Crippen LogP contribution in [0.1, 0.15) is 27.2 Å². The number of benzene rings is 3. The summed E-state index contributed by atoms with van der Waals surface area (Å²) >= 11 is 9.39. The van der Waals surface area contributed by atoms with Gasteiger partial charge in [0.05, 0.1) is 6.54 Å². The fourth-order valence-electron chi connectivity index (χ4n) is 3.21. The lowest BCUT2D eigenvalue weighted by Gasteiger charge is -2.08. The first-order valence-electron chi connectivity index (χ1n) is 10.0. The molecule has 5 nitrogen and oxygen atoms in total. The van der Waals surface area contributed by atoms with Gasteiger partial charge in [-0.1, -0.05) is 57.9 Å². The molecule has 1 N–H and O–H groups in total. The predicted octanol–water partition coefficient (Wildman–Crippen LogP) is 6.49. The van der Waals surface area contributed by atoms with Crippen molar-refractivity contribution in [2.24, 2.45) is 0 Å². The molecule has 0 saturated heterocycles. The molecule has 162 valence electrons. The number of anilines is 1. The fourth-order valence-corrected chi connectivity index (χ4v) is 3.71. The Labute approximate surface area is 200 Å². The van der Waals surface area contributed by atoms with Crippen molar-refractivity contribution in [1.82, 2.24) is 9.78 Å². The highest BCUT2D eigenvalue weighted by Crippen LogP contribution is 2.20. The number of rotatable bonds is 7. The van der Waals surface area contributed by atoms with Crippen molar-refractivity contribution in [3.05, 3.63) is 111 Å². The van der Waals surface area contributed by atoms with E-state index >= 15 is 0 Å². The molecular formula is C25H21BrClN3O2. The molecule has 0 atom stereocenters. The fraction of sp³-hybridized carbons (Fsp3) is 0.120. The van der Waals surface area contributed by atoms with E-state index in [0.29, 0.717) is 29.6 Å². The summed E-state index contributed by atoms with van der Waals surface area (Å²) in [6.45, 7) is 2.92. The average molecular weight is 511 g/mol. The van der Waals surface area contributed by atoms with Gasteiger partial charge in [-0.05, 0) is 60.5 Å². The van der Waals surface area contributed by atoms with Crippen LogP contribution in [0, 0.1) is 6.92 Å². The van der Waals surface area contributed by atoms with Gasteiger partial charge in [-0.15, -0.1) is 0 Å². The van der Waals surface area contributed by atoms with Gasteiger partial charge in [0.2, 0.25) is 0 Å². The van der Waals surface area contributed by atoms with Crippen molar-refractivity contribution in [2.75, 3.05) is 5.32 Å². The molecule has 4 rings (SSSR count). The number of nitrogens with zero attached hydrogens (tertiary/aromatic N) is 2. The molecule has 3 aromatic carbocycles. The lowest BCUT2D eigenvalue weighted by molar-refractivity contribution is 0.102. The van der Waals surface area contributed by atoms with Crippen LogP contribution in [0.5, 0.6) is 5.75 Å². The Morgan fingerprint density at radius 3 is 2.59 bits per heavy atom. The van der Waals surface area contributed by atoms with Crippen molar-refractivity contribution in [3.8, 4) is 5.75 Å². The summed E-state index contributed by atoms with van der Waals surface area (Å²) in [7, 11) is 0. The highest BCUT2D eigenvalue weighted by atomic mass is 79.9. The van der Waals surface area contributed by atoms with Gasteiger partial charge in [0, 0.05) is 26.8 Å². The molecule has 0 spiro atoms. The van der Waals surface area contributed by atoms with Gasteiger partial charge in [0.25, 0.3) is 5.91 Å². The first-order valence-corrected chi connectivity index (χ1v) is 11.2. The molecular weight excluding hydrogens is 490 g/mol. The molecule has 1 heterocycles. The quantitative estimate of drug-likeness (QED) is 0.309. The van der Waals surface area contributed by atoms with Crippen molar-refractivity contribution in [3.63, 3.8) is 0 Å². The number of ether oxygens (including phenoxy) is 1. The Hall–Kier alpha value is -3.09. The molecule has 0 aliphatic carbocycles. The van der Waals surface area contributed by atoms with E-state index in [1.165, 1.54) is 0 Å². The molecule has 1 aromatic heterocycles. The number of aromatic nitrogens is 2. The Bertz CT molecular complexity index is 1240. The largest absolute Gasteiger partial charge is 0.489 e. The topological polar surface area (TPSA) is 56.1 Å². The third kappa shape index (κ3) is 5.78. The predicted molar refractivity (Wildman–Crippen MR) is 130 cm³/mol. The maximum Gasteiger partial charge on any atom is 0.256 e. The van der Waals surface area contributed by atoms with Crippen LogP contribution < -0.4 is 10.1 Å². The molecule has 4 aromatic rings. The molecule has 1 amide bonds. The van der Waals surface area contributed by atoms with Gasteiger partial charge in [0.1, 0.15) is 12.4 Å². The van der Waals surface area contributed by atoms with Gasteiger partial charge >= 0.3 is 0 Å². The Morgan fingerprint density at radius 1 is 1.03 bits per heavy atom. The second-order valence-electron chi connectivity index (χ2n) is 7.36. The molecule has 0 aliphatic heterocycles. The first-order chi connectivity index (χ1) is 15.5. The standard InChI is InChI=1S/C25H21BrClN3O2/c1-17-12-24(29-30(17)15-18-8-10-22(27)11-9-18)28-25(31)20-5-2-4-19(13-20)16-32-23-7-3-6-21(26)14-23/h2-14H,15-16H2,1H3,(H,28,29,31). The van der Waals surface area contributed by atoms with E-state index in [1.54, 1.807) is 6.07 Å². The van der Waals surface area contributed by atoms with E-state index in [9.17, 15) is 4.79 Å². The smallest absolute Gasteiger partial charge is 0.256 e. The second-order valence-corrected chi connectivity index (χ2v) is 8.71. The number of aryl methyl sites for hydroxylation is 1. The van der Waals surface area contributed by atoms with E-state index in [4.69, 9.17) is 16.3 Å². The highest BCUT2D eigenvalue weighted by molar-refractivity contribution is 9.10. The van der Waals surface area contributed by atoms with Crippen molar-refractivity contribution in [2.45, 2.75) is 20.1 Å². The number of amides is 1. The zero-order valence-electron chi connectivity index (χ0n) is 17.4. The van der Waals surface area contributed by atoms with Gasteiger partial charge in [-0.2, -0.15) is 5.10 Å². The van der Waals surface area contributed by atoms with Crippen LogP contribution in [0.15, 0.2) is 83.3 Å². The summed E-state index contributed by atoms with van der Waals surface area (Å²) in [4.78, 5) is 12.8. The van der Waals surface area contributed by atoms with E-state index in [1.807, 2.05) is 84.4 Å². The average Bonchev–Trinajstić information content (AvgIpc) is 3.12. The van der Waals surface area contributed by atoms with Gasteiger partial charge in [0.15, 0.2) is 5.82 Å². The molecule has 0 radical (unpaired) electrons. The number of hydrogen-bond acceptors (Lipinski definition) is 3. The minimum Gasteiger partial charge on any atom is -0.489 e. The number of carbonyl (C=O) groups is 1. The monoisotopic (exact) mass is 509 g/mol. The zero-order valence-corrected chi connectivity index (χ0v) is 19.7. The summed E-state index contributed by atoms with van der Waals surface area (Å²) in [5.41, 5.74) is 3.48. The summed E-state index contributed by atoms with van der Waals surface area (Å²) < 4.78 is 8.62. The van der Waals surface area contributed by atoms with Crippen LogP contribution in [0.3, 0.4) is 0 Å². The molecule has 32 heavy (non-hydrogen) atoms. The Kier molecular flexibility index (Phi) is 6.93. The molecule has 0 fully saturated rings. The third-order valence-electron chi connectivity index (χ3n) is 4.86. The van der Waals surface area contributed by atoms with Gasteiger partial charge < -0.3 is 10.1 Å². The van der Waals surface area contributed by atoms with Crippen LogP contribution in [-0.2, 0) is 13.2 Å². The second kappa shape index (κ2) is 10.0. The Morgan fingerprint density at radius 2 is 1.81 bits per heavy atom. The van der Waals surface area contributed by atoms with E-state index < -0.39 is 0 Å². The van der Waals surface area contributed by atoms with Gasteiger partial charge in [-0.25, -0.2) is 0 Å². The maximum absolute atomic E-state index is 12.8. The minimum absolute atomic E-state index is 0.217. The van der Waals surface area contributed by atoms with Crippen molar-refractivity contribution >= 4 is 39.3 Å². The van der Waals surface area contributed by atoms with Crippen LogP contribution in [-0.4, -0.2) is 15.7 Å².